The average Bonchev–Trinajstić information content (AvgIpc) is 2.70. The minimum absolute atomic E-state index is 0.144. The van der Waals surface area contributed by atoms with Crippen LogP contribution in [0.15, 0.2) is 16.5 Å². The standard InChI is InChI=1S/C8H8N2O2S2/c1-5-2-3-10(14-5)7-6(8(11)12)9-4-13-7/h2,4H,3H2,1H3,(H,11,12). The molecule has 2 rings (SSSR count). The quantitative estimate of drug-likeness (QED) is 0.786. The van der Waals surface area contributed by atoms with Crippen molar-refractivity contribution in [2.75, 3.05) is 10.8 Å². The van der Waals surface area contributed by atoms with Crippen LogP contribution in [0.25, 0.3) is 0 Å². The van der Waals surface area contributed by atoms with Crippen molar-refractivity contribution in [3.05, 3.63) is 22.2 Å². The second-order valence-corrected chi connectivity index (χ2v) is 4.88. The van der Waals surface area contributed by atoms with E-state index in [0.29, 0.717) is 0 Å². The lowest BCUT2D eigenvalue weighted by atomic mass is 10.4. The van der Waals surface area contributed by atoms with E-state index < -0.39 is 5.97 Å². The highest BCUT2D eigenvalue weighted by atomic mass is 32.2. The van der Waals surface area contributed by atoms with Crippen LogP contribution in [0, 0.1) is 0 Å². The number of rotatable bonds is 2. The van der Waals surface area contributed by atoms with Crippen LogP contribution in [-0.4, -0.2) is 22.6 Å². The van der Waals surface area contributed by atoms with E-state index in [1.165, 1.54) is 16.2 Å². The third kappa shape index (κ3) is 1.62. The number of nitrogens with zero attached hydrogens (tertiary/aromatic N) is 2. The lowest BCUT2D eigenvalue weighted by Gasteiger charge is -2.13. The van der Waals surface area contributed by atoms with Crippen LogP contribution in [0.5, 0.6) is 0 Å². The SMILES string of the molecule is CC1=CCN(c2scnc2C(=O)O)S1. The van der Waals surface area contributed by atoms with E-state index in [1.807, 2.05) is 11.2 Å². The molecule has 0 fully saturated rings. The minimum atomic E-state index is -0.966. The van der Waals surface area contributed by atoms with Crippen LogP contribution >= 0.6 is 23.3 Å². The summed E-state index contributed by atoms with van der Waals surface area (Å²) in [5.74, 6) is -0.966. The van der Waals surface area contributed by atoms with E-state index in [0.717, 1.165) is 11.5 Å². The van der Waals surface area contributed by atoms with E-state index in [2.05, 4.69) is 11.1 Å². The molecule has 1 N–H and O–H groups in total. The Morgan fingerprint density at radius 3 is 3.07 bits per heavy atom. The van der Waals surface area contributed by atoms with Crippen molar-refractivity contribution in [2.45, 2.75) is 6.92 Å². The average molecular weight is 228 g/mol. The molecule has 0 aromatic carbocycles. The van der Waals surface area contributed by atoms with Crippen molar-refractivity contribution >= 4 is 34.3 Å². The van der Waals surface area contributed by atoms with E-state index >= 15 is 0 Å². The number of thiazole rings is 1. The van der Waals surface area contributed by atoms with Gasteiger partial charge in [-0.1, -0.05) is 6.08 Å². The molecule has 74 valence electrons. The van der Waals surface area contributed by atoms with Gasteiger partial charge in [-0.3, -0.25) is 4.31 Å². The zero-order valence-corrected chi connectivity index (χ0v) is 9.06. The molecule has 2 heterocycles. The van der Waals surface area contributed by atoms with E-state index in [-0.39, 0.29) is 5.69 Å². The predicted octanol–water partition coefficient (Wildman–Crippen LogP) is 2.21. The molecule has 0 radical (unpaired) electrons. The highest BCUT2D eigenvalue weighted by Crippen LogP contribution is 2.37. The molecule has 0 saturated heterocycles. The molecule has 1 aromatic rings. The molecule has 0 saturated carbocycles. The molecule has 14 heavy (non-hydrogen) atoms. The first-order valence-electron chi connectivity index (χ1n) is 3.97. The summed E-state index contributed by atoms with van der Waals surface area (Å²) in [5.41, 5.74) is 1.71. The van der Waals surface area contributed by atoms with Crippen molar-refractivity contribution in [3.63, 3.8) is 0 Å². The van der Waals surface area contributed by atoms with Gasteiger partial charge in [-0.2, -0.15) is 0 Å². The predicted molar refractivity (Wildman–Crippen MR) is 57.8 cm³/mol. The van der Waals surface area contributed by atoms with Crippen molar-refractivity contribution in [1.29, 1.82) is 0 Å². The summed E-state index contributed by atoms with van der Waals surface area (Å²) >= 11 is 2.91. The van der Waals surface area contributed by atoms with Crippen molar-refractivity contribution < 1.29 is 9.90 Å². The van der Waals surface area contributed by atoms with E-state index in [4.69, 9.17) is 5.11 Å². The van der Waals surface area contributed by atoms with E-state index in [1.54, 1.807) is 17.5 Å². The second kappa shape index (κ2) is 3.62. The van der Waals surface area contributed by atoms with Gasteiger partial charge in [-0.05, 0) is 18.9 Å². The number of hydrogen-bond acceptors (Lipinski definition) is 5. The minimum Gasteiger partial charge on any atom is -0.476 e. The molecule has 0 unspecified atom stereocenters. The summed E-state index contributed by atoms with van der Waals surface area (Å²) in [6.45, 7) is 2.76. The Balaban J connectivity index is 2.25. The van der Waals surface area contributed by atoms with Gasteiger partial charge in [0, 0.05) is 11.4 Å². The van der Waals surface area contributed by atoms with Gasteiger partial charge < -0.3 is 5.11 Å². The first-order chi connectivity index (χ1) is 6.68. The molecule has 4 nitrogen and oxygen atoms in total. The summed E-state index contributed by atoms with van der Waals surface area (Å²) in [6.07, 6.45) is 2.07. The van der Waals surface area contributed by atoms with Crippen LogP contribution in [0.4, 0.5) is 5.00 Å². The number of hydrogen-bond donors (Lipinski definition) is 1. The zero-order valence-electron chi connectivity index (χ0n) is 7.43. The monoisotopic (exact) mass is 228 g/mol. The van der Waals surface area contributed by atoms with Gasteiger partial charge in [0.1, 0.15) is 5.00 Å². The Kier molecular flexibility index (Phi) is 2.47. The molecular weight excluding hydrogens is 220 g/mol. The van der Waals surface area contributed by atoms with Gasteiger partial charge >= 0.3 is 5.97 Å². The number of carboxylic acid groups (broad SMARTS) is 1. The molecule has 1 aromatic heterocycles. The Hall–Kier alpha value is -1.01. The lowest BCUT2D eigenvalue weighted by molar-refractivity contribution is 0.0692. The number of anilines is 1. The van der Waals surface area contributed by atoms with E-state index in [9.17, 15) is 4.79 Å². The highest BCUT2D eigenvalue weighted by molar-refractivity contribution is 8.04. The molecule has 1 aliphatic heterocycles. The topological polar surface area (TPSA) is 53.4 Å². The third-order valence-electron chi connectivity index (χ3n) is 1.78. The maximum atomic E-state index is 10.8. The van der Waals surface area contributed by atoms with Gasteiger partial charge in [0.05, 0.1) is 5.51 Å². The molecule has 6 heteroatoms. The van der Waals surface area contributed by atoms with Crippen LogP contribution in [0.3, 0.4) is 0 Å². The second-order valence-electron chi connectivity index (χ2n) is 2.78. The van der Waals surface area contributed by atoms with Gasteiger partial charge in [0.15, 0.2) is 5.69 Å². The molecule has 0 aliphatic carbocycles. The highest BCUT2D eigenvalue weighted by Gasteiger charge is 2.22. The van der Waals surface area contributed by atoms with Crippen molar-refractivity contribution in [3.8, 4) is 0 Å². The fourth-order valence-electron chi connectivity index (χ4n) is 1.15. The van der Waals surface area contributed by atoms with Crippen LogP contribution in [-0.2, 0) is 0 Å². The molecule has 0 atom stereocenters. The molecule has 0 bridgehead atoms. The smallest absolute Gasteiger partial charge is 0.357 e. The number of aromatic nitrogens is 1. The number of aromatic carboxylic acids is 1. The first kappa shape index (κ1) is 9.54. The summed E-state index contributed by atoms with van der Waals surface area (Å²) in [6, 6.07) is 0. The molecule has 0 amide bonds. The normalized spacial score (nSPS) is 15.8. The largest absolute Gasteiger partial charge is 0.476 e. The Morgan fingerprint density at radius 2 is 2.50 bits per heavy atom. The molecule has 0 spiro atoms. The molecular formula is C8H8N2O2S2. The van der Waals surface area contributed by atoms with Crippen LogP contribution < -0.4 is 4.31 Å². The maximum Gasteiger partial charge on any atom is 0.357 e. The van der Waals surface area contributed by atoms with Gasteiger partial charge in [0.2, 0.25) is 0 Å². The van der Waals surface area contributed by atoms with Crippen LogP contribution in [0.1, 0.15) is 17.4 Å². The maximum absolute atomic E-state index is 10.8. The Bertz CT molecular complexity index is 400. The van der Waals surface area contributed by atoms with Crippen molar-refractivity contribution in [2.24, 2.45) is 0 Å². The summed E-state index contributed by atoms with van der Waals surface area (Å²) in [7, 11) is 0. The van der Waals surface area contributed by atoms with Gasteiger partial charge in [-0.15, -0.1) is 11.3 Å². The van der Waals surface area contributed by atoms with Crippen molar-refractivity contribution in [1.82, 2.24) is 4.98 Å². The zero-order chi connectivity index (χ0) is 10.1. The summed E-state index contributed by atoms with van der Waals surface area (Å²) < 4.78 is 1.94. The number of allylic oxidation sites excluding steroid dienone is 1. The Morgan fingerprint density at radius 1 is 1.71 bits per heavy atom. The fourth-order valence-corrected chi connectivity index (χ4v) is 2.91. The number of carboxylic acids is 1. The fraction of sp³-hybridized carbons (Fsp3) is 0.250. The van der Waals surface area contributed by atoms with Gasteiger partial charge in [-0.25, -0.2) is 9.78 Å². The van der Waals surface area contributed by atoms with Crippen LogP contribution in [0.2, 0.25) is 0 Å². The lowest BCUT2D eigenvalue weighted by Crippen LogP contribution is -2.12. The Labute approximate surface area is 89.4 Å². The third-order valence-corrected chi connectivity index (χ3v) is 3.75. The summed E-state index contributed by atoms with van der Waals surface area (Å²) in [5, 5.41) is 9.59. The molecule has 1 aliphatic rings. The first-order valence-corrected chi connectivity index (χ1v) is 5.63. The van der Waals surface area contributed by atoms with Gasteiger partial charge in [0.25, 0.3) is 0 Å². The number of carbonyl (C=O) groups is 1. The summed E-state index contributed by atoms with van der Waals surface area (Å²) in [4.78, 5) is 15.8.